The van der Waals surface area contributed by atoms with Crippen molar-refractivity contribution in [2.75, 3.05) is 27.2 Å². The highest BCUT2D eigenvalue weighted by Gasteiger charge is 2.19. The molecule has 1 aromatic heterocycles. The molecule has 1 aliphatic heterocycles. The molecule has 0 spiro atoms. The summed E-state index contributed by atoms with van der Waals surface area (Å²) in [5.41, 5.74) is 0.929. The van der Waals surface area contributed by atoms with Gasteiger partial charge in [0.15, 0.2) is 0 Å². The van der Waals surface area contributed by atoms with Crippen LogP contribution in [0.1, 0.15) is 18.5 Å². The first-order chi connectivity index (χ1) is 8.33. The first-order valence-corrected chi connectivity index (χ1v) is 6.07. The molecule has 5 nitrogen and oxygen atoms in total. The van der Waals surface area contributed by atoms with Gasteiger partial charge in [-0.25, -0.2) is 4.98 Å². The zero-order chi connectivity index (χ0) is 12.1. The van der Waals surface area contributed by atoms with Crippen molar-refractivity contribution < 1.29 is 4.74 Å². The number of rotatable bonds is 4. The highest BCUT2D eigenvalue weighted by Crippen LogP contribution is 2.17. The van der Waals surface area contributed by atoms with E-state index in [9.17, 15) is 0 Å². The van der Waals surface area contributed by atoms with Crippen LogP contribution in [-0.4, -0.2) is 48.2 Å². The lowest BCUT2D eigenvalue weighted by molar-refractivity contribution is 0.190. The van der Waals surface area contributed by atoms with Gasteiger partial charge in [0.05, 0.1) is 7.11 Å². The largest absolute Gasteiger partial charge is 0.480 e. The minimum Gasteiger partial charge on any atom is -0.480 e. The molecule has 2 heterocycles. The summed E-state index contributed by atoms with van der Waals surface area (Å²) >= 11 is 0. The maximum atomic E-state index is 5.22. The Morgan fingerprint density at radius 1 is 1.33 bits per heavy atom. The van der Waals surface area contributed by atoms with Crippen molar-refractivity contribution in [1.82, 2.24) is 20.2 Å². The number of nitrogens with one attached hydrogen (secondary N) is 1. The van der Waals surface area contributed by atoms with Gasteiger partial charge in [0.1, 0.15) is 5.69 Å². The minimum absolute atomic E-state index is 0. The van der Waals surface area contributed by atoms with Crippen molar-refractivity contribution in [2.24, 2.45) is 0 Å². The van der Waals surface area contributed by atoms with Crippen LogP contribution in [0.2, 0.25) is 0 Å². The average Bonchev–Trinajstić information content (AvgIpc) is 2.40. The van der Waals surface area contributed by atoms with Gasteiger partial charge in [0, 0.05) is 38.1 Å². The fraction of sp³-hybridized carbons (Fsp3) is 0.667. The van der Waals surface area contributed by atoms with E-state index in [1.165, 1.54) is 12.8 Å². The number of hydrogen-bond donors (Lipinski definition) is 1. The van der Waals surface area contributed by atoms with Crippen LogP contribution >= 0.6 is 12.4 Å². The third-order valence-electron chi connectivity index (χ3n) is 3.30. The van der Waals surface area contributed by atoms with E-state index < -0.39 is 0 Å². The van der Waals surface area contributed by atoms with Crippen molar-refractivity contribution in [1.29, 1.82) is 0 Å². The number of aromatic nitrogens is 2. The van der Waals surface area contributed by atoms with Crippen molar-refractivity contribution in [3.05, 3.63) is 18.1 Å². The van der Waals surface area contributed by atoms with Crippen LogP contribution in [0.3, 0.4) is 0 Å². The van der Waals surface area contributed by atoms with Gasteiger partial charge >= 0.3 is 0 Å². The summed E-state index contributed by atoms with van der Waals surface area (Å²) in [5, 5.41) is 3.33. The summed E-state index contributed by atoms with van der Waals surface area (Å²) in [6.07, 6.45) is 5.77. The number of methoxy groups -OCH3 is 1. The average molecular weight is 273 g/mol. The molecule has 6 heteroatoms. The molecule has 0 saturated carbocycles. The number of nitrogens with zero attached hydrogens (tertiary/aromatic N) is 3. The van der Waals surface area contributed by atoms with E-state index in [1.807, 2.05) is 7.05 Å². The molecule has 1 fully saturated rings. The zero-order valence-electron chi connectivity index (χ0n) is 10.9. The first kappa shape index (κ1) is 15.1. The SMILES string of the molecule is CNC1CCN(Cc2nccnc2OC)CC1.Cl. The van der Waals surface area contributed by atoms with E-state index in [2.05, 4.69) is 20.2 Å². The number of piperidine rings is 1. The molecular formula is C12H21ClN4O. The van der Waals surface area contributed by atoms with Crippen molar-refractivity contribution >= 4 is 12.4 Å². The van der Waals surface area contributed by atoms with Crippen LogP contribution in [-0.2, 0) is 6.54 Å². The molecule has 0 radical (unpaired) electrons. The first-order valence-electron chi connectivity index (χ1n) is 6.07. The molecule has 0 aromatic carbocycles. The molecule has 0 aliphatic carbocycles. The Balaban J connectivity index is 0.00000162. The van der Waals surface area contributed by atoms with Gasteiger partial charge in [-0.2, -0.15) is 0 Å². The lowest BCUT2D eigenvalue weighted by Crippen LogP contribution is -2.40. The molecule has 0 unspecified atom stereocenters. The Kier molecular flexibility index (Phi) is 6.32. The smallest absolute Gasteiger partial charge is 0.236 e. The fourth-order valence-electron chi connectivity index (χ4n) is 2.22. The van der Waals surface area contributed by atoms with Crippen LogP contribution in [0.4, 0.5) is 0 Å². The molecule has 0 amide bonds. The van der Waals surface area contributed by atoms with Gasteiger partial charge in [0.25, 0.3) is 0 Å². The standard InChI is InChI=1S/C12H20N4O.ClH/c1-13-10-3-7-16(8-4-10)9-11-12(17-2)15-6-5-14-11;/h5-6,10,13H,3-4,7-9H2,1-2H3;1H. The van der Waals surface area contributed by atoms with Crippen molar-refractivity contribution in [3.63, 3.8) is 0 Å². The summed E-state index contributed by atoms with van der Waals surface area (Å²) in [7, 11) is 3.67. The normalized spacial score (nSPS) is 17.2. The van der Waals surface area contributed by atoms with Crippen LogP contribution < -0.4 is 10.1 Å². The van der Waals surface area contributed by atoms with E-state index >= 15 is 0 Å². The lowest BCUT2D eigenvalue weighted by atomic mass is 10.1. The van der Waals surface area contributed by atoms with Crippen LogP contribution in [0, 0.1) is 0 Å². The monoisotopic (exact) mass is 272 g/mol. The molecule has 2 rings (SSSR count). The number of ether oxygens (including phenoxy) is 1. The summed E-state index contributed by atoms with van der Waals surface area (Å²) < 4.78 is 5.22. The van der Waals surface area contributed by atoms with Gasteiger partial charge in [-0.1, -0.05) is 0 Å². The maximum Gasteiger partial charge on any atom is 0.236 e. The summed E-state index contributed by atoms with van der Waals surface area (Å²) in [4.78, 5) is 10.9. The van der Waals surface area contributed by atoms with Crippen LogP contribution in [0.5, 0.6) is 5.88 Å². The number of halogens is 1. The number of likely N-dealkylation sites (tertiary alicyclic amines) is 1. The second-order valence-corrected chi connectivity index (χ2v) is 4.35. The molecule has 1 aromatic rings. The van der Waals surface area contributed by atoms with E-state index in [0.717, 1.165) is 25.3 Å². The fourth-order valence-corrected chi connectivity index (χ4v) is 2.22. The predicted octanol–water partition coefficient (Wildman–Crippen LogP) is 1.09. The van der Waals surface area contributed by atoms with Gasteiger partial charge in [-0.3, -0.25) is 9.88 Å². The van der Waals surface area contributed by atoms with Gasteiger partial charge < -0.3 is 10.1 Å². The van der Waals surface area contributed by atoms with E-state index in [-0.39, 0.29) is 12.4 Å². The van der Waals surface area contributed by atoms with Crippen molar-refractivity contribution in [2.45, 2.75) is 25.4 Å². The third kappa shape index (κ3) is 3.80. The Bertz CT molecular complexity index is 356. The second kappa shape index (κ2) is 7.51. The van der Waals surface area contributed by atoms with E-state index in [0.29, 0.717) is 11.9 Å². The predicted molar refractivity (Wildman–Crippen MR) is 73.2 cm³/mol. The highest BCUT2D eigenvalue weighted by atomic mass is 35.5. The summed E-state index contributed by atoms with van der Waals surface area (Å²) in [6.45, 7) is 3.03. The van der Waals surface area contributed by atoms with E-state index in [1.54, 1.807) is 19.5 Å². The molecule has 0 atom stereocenters. The third-order valence-corrected chi connectivity index (χ3v) is 3.30. The van der Waals surface area contributed by atoms with Gasteiger partial charge in [0.2, 0.25) is 5.88 Å². The molecule has 18 heavy (non-hydrogen) atoms. The summed E-state index contributed by atoms with van der Waals surface area (Å²) in [6, 6.07) is 0.662. The molecule has 1 aliphatic rings. The quantitative estimate of drug-likeness (QED) is 0.889. The van der Waals surface area contributed by atoms with Crippen LogP contribution in [0.15, 0.2) is 12.4 Å². The topological polar surface area (TPSA) is 50.3 Å². The minimum atomic E-state index is 0. The lowest BCUT2D eigenvalue weighted by Gasteiger charge is -2.31. The molecule has 1 N–H and O–H groups in total. The molecule has 1 saturated heterocycles. The van der Waals surface area contributed by atoms with Gasteiger partial charge in [-0.05, 0) is 19.9 Å². The summed E-state index contributed by atoms with van der Waals surface area (Å²) in [5.74, 6) is 0.642. The second-order valence-electron chi connectivity index (χ2n) is 4.35. The number of hydrogen-bond acceptors (Lipinski definition) is 5. The Morgan fingerprint density at radius 2 is 2.00 bits per heavy atom. The molecule has 102 valence electrons. The zero-order valence-corrected chi connectivity index (χ0v) is 11.7. The maximum absolute atomic E-state index is 5.22. The molecule has 0 bridgehead atoms. The molecular weight excluding hydrogens is 252 g/mol. The Hall–Kier alpha value is -0.910. The van der Waals surface area contributed by atoms with E-state index in [4.69, 9.17) is 4.74 Å². The van der Waals surface area contributed by atoms with Gasteiger partial charge in [-0.15, -0.1) is 12.4 Å². The van der Waals surface area contributed by atoms with Crippen LogP contribution in [0.25, 0.3) is 0 Å². The highest BCUT2D eigenvalue weighted by molar-refractivity contribution is 5.85. The Labute approximate surface area is 114 Å². The Morgan fingerprint density at radius 3 is 2.61 bits per heavy atom. The van der Waals surface area contributed by atoms with Crippen molar-refractivity contribution in [3.8, 4) is 5.88 Å².